The zero-order valence-corrected chi connectivity index (χ0v) is 21.5. The lowest BCUT2D eigenvalue weighted by molar-refractivity contribution is -0.158. The Labute approximate surface area is 214 Å². The first-order valence-electron chi connectivity index (χ1n) is 11.8. The molecular formula is C29H30O4S2. The van der Waals surface area contributed by atoms with Gasteiger partial charge in [0.05, 0.1) is 12.2 Å². The fraction of sp³-hybridized carbons (Fsp3) is 0.310. The summed E-state index contributed by atoms with van der Waals surface area (Å²) < 4.78 is 12.1. The highest BCUT2D eigenvalue weighted by molar-refractivity contribution is 7.99. The first-order chi connectivity index (χ1) is 16.9. The Balaban J connectivity index is 1.22. The van der Waals surface area contributed by atoms with Crippen molar-refractivity contribution >= 4 is 45.1 Å². The van der Waals surface area contributed by atoms with Crippen LogP contribution in [0.5, 0.6) is 0 Å². The van der Waals surface area contributed by atoms with Gasteiger partial charge in [0.1, 0.15) is 12.2 Å². The highest BCUT2D eigenvalue weighted by atomic mass is 32.2. The molecule has 0 spiro atoms. The van der Waals surface area contributed by atoms with E-state index >= 15 is 0 Å². The van der Waals surface area contributed by atoms with Crippen LogP contribution in [0.15, 0.2) is 94.7 Å². The molecule has 0 aromatic heterocycles. The van der Waals surface area contributed by atoms with Gasteiger partial charge in [0.2, 0.25) is 0 Å². The third kappa shape index (κ3) is 5.85. The van der Waals surface area contributed by atoms with Crippen LogP contribution in [0.25, 0.3) is 21.5 Å². The molecule has 1 aliphatic rings. The molecule has 4 aromatic carbocycles. The van der Waals surface area contributed by atoms with Gasteiger partial charge in [0, 0.05) is 21.3 Å². The minimum atomic E-state index is -0.863. The summed E-state index contributed by atoms with van der Waals surface area (Å²) in [6.45, 7) is 3.65. The third-order valence-electron chi connectivity index (χ3n) is 6.21. The van der Waals surface area contributed by atoms with Gasteiger partial charge >= 0.3 is 0 Å². The van der Waals surface area contributed by atoms with Crippen LogP contribution >= 0.6 is 23.5 Å². The van der Waals surface area contributed by atoms with E-state index in [1.54, 1.807) is 23.5 Å². The highest BCUT2D eigenvalue weighted by Gasteiger charge is 2.47. The average molecular weight is 507 g/mol. The van der Waals surface area contributed by atoms with E-state index in [9.17, 15) is 10.2 Å². The minimum Gasteiger partial charge on any atom is -0.389 e. The molecule has 0 saturated carbocycles. The quantitative estimate of drug-likeness (QED) is 0.281. The Kier molecular flexibility index (Phi) is 7.39. The van der Waals surface area contributed by atoms with Crippen molar-refractivity contribution in [3.8, 4) is 0 Å². The highest BCUT2D eigenvalue weighted by Crippen LogP contribution is 2.35. The third-order valence-corrected chi connectivity index (χ3v) is 8.40. The number of hydrogen-bond acceptors (Lipinski definition) is 6. The summed E-state index contributed by atoms with van der Waals surface area (Å²) in [5, 5.41) is 26.8. The smallest absolute Gasteiger partial charge is 0.164 e. The largest absolute Gasteiger partial charge is 0.389 e. The van der Waals surface area contributed by atoms with Gasteiger partial charge in [-0.25, -0.2) is 0 Å². The van der Waals surface area contributed by atoms with Gasteiger partial charge in [0.25, 0.3) is 0 Å². The second-order valence-corrected chi connectivity index (χ2v) is 11.5. The van der Waals surface area contributed by atoms with Crippen LogP contribution in [0.4, 0.5) is 0 Å². The fourth-order valence-electron chi connectivity index (χ4n) is 4.48. The molecule has 1 heterocycles. The molecule has 4 aromatic rings. The Morgan fingerprint density at radius 3 is 1.49 bits per heavy atom. The molecule has 35 heavy (non-hydrogen) atoms. The molecule has 1 saturated heterocycles. The van der Waals surface area contributed by atoms with Crippen LogP contribution in [-0.4, -0.2) is 51.9 Å². The van der Waals surface area contributed by atoms with Crippen LogP contribution in [0.3, 0.4) is 0 Å². The van der Waals surface area contributed by atoms with E-state index in [1.807, 2.05) is 38.1 Å². The Morgan fingerprint density at radius 2 is 1.06 bits per heavy atom. The number of aliphatic hydroxyl groups is 2. The molecule has 0 radical (unpaired) electrons. The molecule has 0 unspecified atom stereocenters. The maximum Gasteiger partial charge on any atom is 0.164 e. The molecule has 1 fully saturated rings. The monoisotopic (exact) mass is 506 g/mol. The number of aliphatic hydroxyl groups excluding tert-OH is 2. The van der Waals surface area contributed by atoms with E-state index in [4.69, 9.17) is 9.47 Å². The van der Waals surface area contributed by atoms with Crippen molar-refractivity contribution in [3.05, 3.63) is 84.9 Å². The number of thioether (sulfide) groups is 2. The predicted octanol–water partition coefficient (Wildman–Crippen LogP) is 6.12. The van der Waals surface area contributed by atoms with E-state index in [-0.39, 0.29) is 0 Å². The number of fused-ring (bicyclic) bond motifs is 2. The van der Waals surface area contributed by atoms with Crippen molar-refractivity contribution in [3.63, 3.8) is 0 Å². The molecule has 1 aliphatic heterocycles. The molecule has 2 N–H and O–H groups in total. The molecule has 4 atom stereocenters. The van der Waals surface area contributed by atoms with Gasteiger partial charge in [-0.05, 0) is 59.7 Å². The van der Waals surface area contributed by atoms with Crippen LogP contribution < -0.4 is 0 Å². The topological polar surface area (TPSA) is 58.9 Å². The summed E-state index contributed by atoms with van der Waals surface area (Å²) in [4.78, 5) is 2.18. The lowest BCUT2D eigenvalue weighted by Crippen LogP contribution is -2.44. The first kappa shape index (κ1) is 24.6. The lowest BCUT2D eigenvalue weighted by Gasteiger charge is -2.25. The van der Waals surface area contributed by atoms with E-state index in [2.05, 4.69) is 60.7 Å². The number of hydrogen-bond donors (Lipinski definition) is 2. The van der Waals surface area contributed by atoms with Gasteiger partial charge in [-0.2, -0.15) is 0 Å². The van der Waals surface area contributed by atoms with Gasteiger partial charge in [-0.1, -0.05) is 60.7 Å². The van der Waals surface area contributed by atoms with Gasteiger partial charge in [0.15, 0.2) is 5.79 Å². The summed E-state index contributed by atoms with van der Waals surface area (Å²) in [6.07, 6.45) is -2.77. The molecule has 0 aliphatic carbocycles. The molecular weight excluding hydrogens is 476 g/mol. The molecule has 182 valence electrons. The normalized spacial score (nSPS) is 21.4. The molecule has 5 rings (SSSR count). The second-order valence-electron chi connectivity index (χ2n) is 9.34. The predicted molar refractivity (Wildman–Crippen MR) is 145 cm³/mol. The molecule has 6 heteroatoms. The molecule has 0 amide bonds. The summed E-state index contributed by atoms with van der Waals surface area (Å²) in [7, 11) is 0. The maximum atomic E-state index is 11.0. The van der Waals surface area contributed by atoms with Crippen LogP contribution in [0.2, 0.25) is 0 Å². The van der Waals surface area contributed by atoms with Crippen molar-refractivity contribution in [1.29, 1.82) is 0 Å². The second kappa shape index (κ2) is 10.5. The summed E-state index contributed by atoms with van der Waals surface area (Å²) in [6, 6.07) is 29.1. The number of ether oxygens (including phenoxy) is 2. The fourth-order valence-corrected chi connectivity index (χ4v) is 6.33. The Hall–Kier alpha value is -2.06. The Bertz CT molecular complexity index is 1210. The first-order valence-corrected chi connectivity index (χ1v) is 13.8. The van der Waals surface area contributed by atoms with Gasteiger partial charge in [-0.3, -0.25) is 0 Å². The lowest BCUT2D eigenvalue weighted by atomic mass is 10.1. The van der Waals surface area contributed by atoms with Crippen molar-refractivity contribution in [2.45, 2.75) is 53.8 Å². The van der Waals surface area contributed by atoms with Crippen LogP contribution in [-0.2, 0) is 9.47 Å². The van der Waals surface area contributed by atoms with Crippen molar-refractivity contribution in [2.75, 3.05) is 11.5 Å². The number of benzene rings is 4. The van der Waals surface area contributed by atoms with Crippen LogP contribution in [0.1, 0.15) is 13.8 Å². The van der Waals surface area contributed by atoms with E-state index < -0.39 is 30.2 Å². The number of rotatable bonds is 8. The SMILES string of the molecule is CC1(C)O[C@H]([C@@H](O)CSc2ccc3ccccc3c2)[C@@H]([C@@H](O)CSc2ccc3ccccc3c2)O1. The minimum absolute atomic E-state index is 0.448. The molecule has 4 nitrogen and oxygen atoms in total. The van der Waals surface area contributed by atoms with E-state index in [0.29, 0.717) is 11.5 Å². The standard InChI is InChI=1S/C29H30O4S2/c1-29(2)32-27(25(30)17-34-23-13-11-19-7-3-5-9-21(19)15-23)28(33-29)26(31)18-35-24-14-12-20-8-4-6-10-22(20)16-24/h3-16,25-28,30-31H,17-18H2,1-2H3/t25-,26-,27+,28+/m0/s1. The van der Waals surface area contributed by atoms with E-state index in [0.717, 1.165) is 9.79 Å². The van der Waals surface area contributed by atoms with Gasteiger partial charge in [-0.15, -0.1) is 23.5 Å². The Morgan fingerprint density at radius 1 is 0.657 bits per heavy atom. The molecule has 0 bridgehead atoms. The average Bonchev–Trinajstić information content (AvgIpc) is 3.21. The van der Waals surface area contributed by atoms with Gasteiger partial charge < -0.3 is 19.7 Å². The maximum absolute atomic E-state index is 11.0. The van der Waals surface area contributed by atoms with E-state index in [1.165, 1.54) is 21.5 Å². The van der Waals surface area contributed by atoms with Crippen molar-refractivity contribution in [1.82, 2.24) is 0 Å². The zero-order chi connectivity index (χ0) is 24.4. The summed E-state index contributed by atoms with van der Waals surface area (Å²) in [5.41, 5.74) is 0. The van der Waals surface area contributed by atoms with Crippen molar-refractivity contribution < 1.29 is 19.7 Å². The van der Waals surface area contributed by atoms with Crippen LogP contribution in [0, 0.1) is 0 Å². The zero-order valence-electron chi connectivity index (χ0n) is 19.8. The summed E-state index contributed by atoms with van der Waals surface area (Å²) >= 11 is 3.17. The summed E-state index contributed by atoms with van der Waals surface area (Å²) in [5.74, 6) is 0.0332. The van der Waals surface area contributed by atoms with Crippen molar-refractivity contribution in [2.24, 2.45) is 0 Å².